The number of aliphatic hydroxyl groups is 2. The number of β-amino-alcohol motifs (C(OH)–C–C–N with tert-alkyl or cyclic N) is 1. The van der Waals surface area contributed by atoms with Gasteiger partial charge in [-0.2, -0.15) is 0 Å². The van der Waals surface area contributed by atoms with Crippen LogP contribution in [0.15, 0.2) is 48.5 Å². The number of benzene rings is 2. The van der Waals surface area contributed by atoms with Gasteiger partial charge in [0.1, 0.15) is 5.69 Å². The Hall–Kier alpha value is -4.25. The maximum Gasteiger partial charge on any atom is 0.227 e. The molecule has 0 radical (unpaired) electrons. The van der Waals surface area contributed by atoms with E-state index in [-0.39, 0.29) is 43.3 Å². The molecular formula is C40H56N6O9. The summed E-state index contributed by atoms with van der Waals surface area (Å²) in [7, 11) is 0. The SMILES string of the molecule is CCC(=O)N1Cc2ccccc2-c2c(nnn2CCOCCOCCOCCOCCC(=O)NCCCCCC(=O)N2C[C@H](O)C[C@H]2CO)-c2ccccc21. The topological polar surface area (TPSA) is 178 Å². The Morgan fingerprint density at radius 3 is 2.22 bits per heavy atom. The second-order valence-electron chi connectivity index (χ2n) is 13.6. The van der Waals surface area contributed by atoms with Gasteiger partial charge in [0.15, 0.2) is 0 Å². The van der Waals surface area contributed by atoms with Gasteiger partial charge in [-0.05, 0) is 30.9 Å². The van der Waals surface area contributed by atoms with Gasteiger partial charge in [0, 0.05) is 43.5 Å². The molecule has 2 aliphatic rings. The van der Waals surface area contributed by atoms with Gasteiger partial charge in [-0.15, -0.1) is 5.10 Å². The Morgan fingerprint density at radius 2 is 1.49 bits per heavy atom. The number of fused-ring (bicyclic) bond motifs is 5. The third kappa shape index (κ3) is 12.1. The number of rotatable bonds is 23. The van der Waals surface area contributed by atoms with Gasteiger partial charge >= 0.3 is 0 Å². The molecule has 1 aromatic heterocycles. The zero-order chi connectivity index (χ0) is 38.8. The quantitative estimate of drug-likeness (QED) is 0.121. The summed E-state index contributed by atoms with van der Waals surface area (Å²) in [6.45, 7) is 6.75. The van der Waals surface area contributed by atoms with Crippen LogP contribution in [0.1, 0.15) is 57.4 Å². The third-order valence-corrected chi connectivity index (χ3v) is 9.74. The first-order valence-electron chi connectivity index (χ1n) is 19.5. The van der Waals surface area contributed by atoms with E-state index in [0.717, 1.165) is 46.6 Å². The molecule has 2 aromatic carbocycles. The lowest BCUT2D eigenvalue weighted by Gasteiger charge is -2.28. The van der Waals surface area contributed by atoms with Crippen LogP contribution < -0.4 is 10.2 Å². The van der Waals surface area contributed by atoms with Crippen molar-refractivity contribution < 1.29 is 43.5 Å². The van der Waals surface area contributed by atoms with Gasteiger partial charge in [0.2, 0.25) is 17.7 Å². The lowest BCUT2D eigenvalue weighted by atomic mass is 9.95. The largest absolute Gasteiger partial charge is 0.394 e. The molecule has 0 aliphatic carbocycles. The third-order valence-electron chi connectivity index (χ3n) is 9.74. The minimum absolute atomic E-state index is 0.0418. The van der Waals surface area contributed by atoms with Crippen molar-refractivity contribution in [3.8, 4) is 22.5 Å². The number of ether oxygens (including phenoxy) is 4. The molecule has 15 nitrogen and oxygen atoms in total. The fourth-order valence-corrected chi connectivity index (χ4v) is 6.87. The van der Waals surface area contributed by atoms with Crippen LogP contribution in [0.3, 0.4) is 0 Å². The van der Waals surface area contributed by atoms with Crippen LogP contribution in [0, 0.1) is 0 Å². The summed E-state index contributed by atoms with van der Waals surface area (Å²) in [5, 5.41) is 31.1. The van der Waals surface area contributed by atoms with E-state index in [2.05, 4.69) is 21.7 Å². The van der Waals surface area contributed by atoms with Crippen LogP contribution in [-0.2, 0) is 46.4 Å². The normalized spacial score (nSPS) is 16.3. The molecule has 0 saturated carbocycles. The van der Waals surface area contributed by atoms with Crippen molar-refractivity contribution in [2.24, 2.45) is 0 Å². The molecule has 3 amide bonds. The Kier molecular flexibility index (Phi) is 17.0. The summed E-state index contributed by atoms with van der Waals surface area (Å²) in [6.07, 6.45) is 3.18. The van der Waals surface area contributed by atoms with Crippen LogP contribution in [0.5, 0.6) is 0 Å². The Balaban J connectivity index is 0.877. The highest BCUT2D eigenvalue weighted by molar-refractivity contribution is 6.00. The van der Waals surface area contributed by atoms with E-state index in [1.165, 1.54) is 0 Å². The Labute approximate surface area is 322 Å². The van der Waals surface area contributed by atoms with E-state index in [1.807, 2.05) is 59.0 Å². The number of aliphatic hydroxyl groups excluding tert-OH is 2. The maximum atomic E-state index is 13.0. The van der Waals surface area contributed by atoms with Crippen molar-refractivity contribution in [1.82, 2.24) is 25.2 Å². The molecule has 3 aromatic rings. The van der Waals surface area contributed by atoms with Gasteiger partial charge in [0.05, 0.1) is 96.1 Å². The number of nitrogens with zero attached hydrogens (tertiary/aromatic N) is 5. The minimum atomic E-state index is -0.563. The number of unbranched alkanes of at least 4 members (excludes halogenated alkanes) is 2. The summed E-state index contributed by atoms with van der Waals surface area (Å²) in [4.78, 5) is 40.8. The number of aromatic nitrogens is 3. The maximum absolute atomic E-state index is 13.0. The zero-order valence-corrected chi connectivity index (χ0v) is 31.9. The molecule has 2 atom stereocenters. The average molecular weight is 765 g/mol. The van der Waals surface area contributed by atoms with E-state index >= 15 is 0 Å². The molecule has 300 valence electrons. The van der Waals surface area contributed by atoms with Gasteiger partial charge in [-0.25, -0.2) is 4.68 Å². The Morgan fingerprint density at radius 1 is 0.818 bits per heavy atom. The van der Waals surface area contributed by atoms with E-state index in [9.17, 15) is 24.6 Å². The highest BCUT2D eigenvalue weighted by atomic mass is 16.6. The average Bonchev–Trinajstić information content (AvgIpc) is 3.80. The number of anilines is 1. The number of nitrogens with one attached hydrogen (secondary N) is 1. The highest BCUT2D eigenvalue weighted by Gasteiger charge is 2.33. The predicted octanol–water partition coefficient (Wildman–Crippen LogP) is 2.96. The summed E-state index contributed by atoms with van der Waals surface area (Å²) in [5.74, 6) is -0.0683. The molecule has 1 saturated heterocycles. The second kappa shape index (κ2) is 22.3. The first kappa shape index (κ1) is 41.9. The van der Waals surface area contributed by atoms with E-state index in [1.54, 1.807) is 4.90 Å². The predicted molar refractivity (Wildman–Crippen MR) is 205 cm³/mol. The standard InChI is InChI=1S/C40H56N6O9/c1-2-37(50)45-27-30-10-5-6-11-33(30)40-39(34-12-7-8-13-35(34)45)42-43-46(40)17-19-53-21-23-55-25-24-54-22-20-52-18-15-36(49)41-16-9-3-4-14-38(51)44-28-32(48)26-31(44)29-47/h5-8,10-13,31-32,47-48H,2-4,9,14-29H2,1H3,(H,41,49)/t31-,32+/m0/s1. The second-order valence-corrected chi connectivity index (χ2v) is 13.6. The molecule has 0 bridgehead atoms. The van der Waals surface area contributed by atoms with Crippen LogP contribution in [-0.4, -0.2) is 133 Å². The summed E-state index contributed by atoms with van der Waals surface area (Å²) in [6, 6.07) is 15.6. The summed E-state index contributed by atoms with van der Waals surface area (Å²) >= 11 is 0. The van der Waals surface area contributed by atoms with Crippen LogP contribution >= 0.6 is 0 Å². The van der Waals surface area contributed by atoms with Crippen LogP contribution in [0.25, 0.3) is 22.5 Å². The van der Waals surface area contributed by atoms with Crippen molar-refractivity contribution in [3.63, 3.8) is 0 Å². The number of hydrogen-bond acceptors (Lipinski definition) is 11. The summed E-state index contributed by atoms with van der Waals surface area (Å²) < 4.78 is 24.4. The fraction of sp³-hybridized carbons (Fsp3) is 0.575. The van der Waals surface area contributed by atoms with Gasteiger partial charge < -0.3 is 44.3 Å². The molecule has 2 aliphatic heterocycles. The van der Waals surface area contributed by atoms with Crippen molar-refractivity contribution in [2.75, 3.05) is 77.5 Å². The van der Waals surface area contributed by atoms with Gasteiger partial charge in [-0.1, -0.05) is 61.0 Å². The van der Waals surface area contributed by atoms with Crippen molar-refractivity contribution in [1.29, 1.82) is 0 Å². The van der Waals surface area contributed by atoms with E-state index in [0.29, 0.717) is 98.2 Å². The molecule has 15 heteroatoms. The first-order valence-corrected chi connectivity index (χ1v) is 19.5. The smallest absolute Gasteiger partial charge is 0.227 e. The highest BCUT2D eigenvalue weighted by Crippen LogP contribution is 2.41. The van der Waals surface area contributed by atoms with E-state index < -0.39 is 6.10 Å². The van der Waals surface area contributed by atoms with Crippen molar-refractivity contribution in [2.45, 2.75) is 77.1 Å². The molecule has 3 N–H and O–H groups in total. The molecule has 5 rings (SSSR count). The number of hydrogen-bond donors (Lipinski definition) is 3. The molecule has 0 spiro atoms. The van der Waals surface area contributed by atoms with E-state index in [4.69, 9.17) is 18.9 Å². The van der Waals surface area contributed by atoms with Crippen LogP contribution in [0.2, 0.25) is 0 Å². The number of carbonyl (C=O) groups excluding carboxylic acids is 3. The van der Waals surface area contributed by atoms with Gasteiger partial charge in [-0.3, -0.25) is 14.4 Å². The summed E-state index contributed by atoms with van der Waals surface area (Å²) in [5.41, 5.74) is 5.37. The fourth-order valence-electron chi connectivity index (χ4n) is 6.87. The minimum Gasteiger partial charge on any atom is -0.394 e. The monoisotopic (exact) mass is 764 g/mol. The van der Waals surface area contributed by atoms with Crippen molar-refractivity contribution in [3.05, 3.63) is 54.1 Å². The van der Waals surface area contributed by atoms with Crippen LogP contribution in [0.4, 0.5) is 5.69 Å². The molecule has 55 heavy (non-hydrogen) atoms. The molecule has 1 fully saturated rings. The zero-order valence-electron chi connectivity index (χ0n) is 31.9. The number of amides is 3. The molecule has 0 unspecified atom stereocenters. The number of para-hydroxylation sites is 1. The number of carbonyl (C=O) groups is 3. The Bertz CT molecular complexity index is 1670. The van der Waals surface area contributed by atoms with Crippen molar-refractivity contribution >= 4 is 23.4 Å². The number of likely N-dealkylation sites (tertiary alicyclic amines) is 1. The molecular weight excluding hydrogens is 708 g/mol. The van der Waals surface area contributed by atoms with Gasteiger partial charge in [0.25, 0.3) is 0 Å². The first-order chi connectivity index (χ1) is 26.9. The lowest BCUT2D eigenvalue weighted by molar-refractivity contribution is -0.133. The molecule has 3 heterocycles. The lowest BCUT2D eigenvalue weighted by Crippen LogP contribution is -2.37.